The molecular weight excluding hydrogens is 393 g/mol. The summed E-state index contributed by atoms with van der Waals surface area (Å²) < 4.78 is 25.4. The number of benzene rings is 3. The Morgan fingerprint density at radius 3 is 2.00 bits per heavy atom. The second-order valence-electron chi connectivity index (χ2n) is 7.04. The van der Waals surface area contributed by atoms with Crippen molar-refractivity contribution in [2.75, 3.05) is 13.1 Å². The first-order valence-corrected chi connectivity index (χ1v) is 11.8. The molecule has 0 aliphatic carbocycles. The molecule has 2 unspecified atom stereocenters. The fraction of sp³-hybridized carbons (Fsp3) is 0.308. The highest BCUT2D eigenvalue weighted by molar-refractivity contribution is 7.85. The molecule has 0 bridgehead atoms. The van der Waals surface area contributed by atoms with Crippen molar-refractivity contribution in [1.82, 2.24) is 4.90 Å². The Labute approximate surface area is 183 Å². The van der Waals surface area contributed by atoms with E-state index in [0.717, 1.165) is 31.0 Å². The molecule has 3 aromatic rings. The zero-order valence-electron chi connectivity index (χ0n) is 18.1. The maximum atomic E-state index is 12.9. The van der Waals surface area contributed by atoms with Crippen LogP contribution >= 0.6 is 0 Å². The van der Waals surface area contributed by atoms with Gasteiger partial charge in [0.1, 0.15) is 5.82 Å². The van der Waals surface area contributed by atoms with Crippen LogP contribution in [0.4, 0.5) is 4.39 Å². The topological polar surface area (TPSA) is 20.3 Å². The summed E-state index contributed by atoms with van der Waals surface area (Å²) in [6.07, 6.45) is 0.927. The summed E-state index contributed by atoms with van der Waals surface area (Å²) in [6, 6.07) is 26.6. The van der Waals surface area contributed by atoms with Gasteiger partial charge in [-0.15, -0.1) is 0 Å². The summed E-state index contributed by atoms with van der Waals surface area (Å²) in [5.41, 5.74) is 2.60. The second kappa shape index (κ2) is 13.1. The Kier molecular flexibility index (Phi) is 10.5. The number of nitrogens with zero attached hydrogens (tertiary/aromatic N) is 1. The molecule has 1 aliphatic rings. The number of rotatable bonds is 4. The van der Waals surface area contributed by atoms with Crippen LogP contribution in [0.15, 0.2) is 89.8 Å². The normalized spacial score (nSPS) is 16.6. The van der Waals surface area contributed by atoms with Gasteiger partial charge >= 0.3 is 0 Å². The first-order chi connectivity index (χ1) is 14.6. The monoisotopic (exact) mass is 425 g/mol. The molecule has 3 aromatic carbocycles. The van der Waals surface area contributed by atoms with Crippen LogP contribution in [0.2, 0.25) is 0 Å². The molecule has 0 amide bonds. The third kappa shape index (κ3) is 7.85. The Balaban J connectivity index is 0.000000299. The van der Waals surface area contributed by atoms with Crippen LogP contribution in [-0.4, -0.2) is 27.4 Å². The van der Waals surface area contributed by atoms with Gasteiger partial charge in [-0.2, -0.15) is 0 Å². The van der Waals surface area contributed by atoms with Crippen molar-refractivity contribution < 1.29 is 8.60 Å². The van der Waals surface area contributed by atoms with Crippen molar-refractivity contribution in [3.8, 4) is 0 Å². The van der Waals surface area contributed by atoms with E-state index in [2.05, 4.69) is 36.1 Å². The quantitative estimate of drug-likeness (QED) is 0.494. The van der Waals surface area contributed by atoms with E-state index < -0.39 is 10.8 Å². The zero-order chi connectivity index (χ0) is 21.8. The molecule has 1 heterocycles. The molecule has 4 heteroatoms. The SMILES string of the molecule is CC.Cc1ccccc1.O=S(c1ccc(F)cc1)C1CCN(Cc2ccccc2)C1. The van der Waals surface area contributed by atoms with E-state index in [1.807, 2.05) is 50.2 Å². The number of halogens is 1. The van der Waals surface area contributed by atoms with Gasteiger partial charge in [-0.3, -0.25) is 9.11 Å². The van der Waals surface area contributed by atoms with E-state index >= 15 is 0 Å². The van der Waals surface area contributed by atoms with E-state index in [1.165, 1.54) is 23.3 Å². The summed E-state index contributed by atoms with van der Waals surface area (Å²) in [4.78, 5) is 3.06. The molecule has 0 spiro atoms. The molecule has 1 fully saturated rings. The third-order valence-corrected chi connectivity index (χ3v) is 6.49. The molecule has 2 atom stereocenters. The minimum Gasteiger partial charge on any atom is -0.298 e. The van der Waals surface area contributed by atoms with E-state index in [1.54, 1.807) is 12.1 Å². The van der Waals surface area contributed by atoms with Crippen molar-refractivity contribution in [1.29, 1.82) is 0 Å². The van der Waals surface area contributed by atoms with E-state index in [9.17, 15) is 8.60 Å². The van der Waals surface area contributed by atoms with Crippen LogP contribution < -0.4 is 0 Å². The van der Waals surface area contributed by atoms with Crippen LogP contribution in [0, 0.1) is 12.7 Å². The highest BCUT2D eigenvalue weighted by Crippen LogP contribution is 2.22. The maximum Gasteiger partial charge on any atom is 0.123 e. The Morgan fingerprint density at radius 2 is 1.47 bits per heavy atom. The number of hydrogen-bond donors (Lipinski definition) is 0. The van der Waals surface area contributed by atoms with Gasteiger partial charge in [0, 0.05) is 18.0 Å². The Morgan fingerprint density at radius 1 is 0.900 bits per heavy atom. The fourth-order valence-electron chi connectivity index (χ4n) is 3.25. The minimum absolute atomic E-state index is 0.138. The van der Waals surface area contributed by atoms with Crippen LogP contribution in [0.1, 0.15) is 31.4 Å². The number of aryl methyl sites for hydroxylation is 1. The van der Waals surface area contributed by atoms with E-state index in [4.69, 9.17) is 0 Å². The standard InChI is InChI=1S/C17H18FNOS.C7H8.C2H6/c18-15-6-8-16(9-7-15)21(20)17-10-11-19(13-17)12-14-4-2-1-3-5-14;1-7-5-3-2-4-6-7;1-2/h1-9,17H,10-13H2;2-6H,1H3;1-2H3. The fourth-order valence-corrected chi connectivity index (χ4v) is 4.71. The van der Waals surface area contributed by atoms with Crippen LogP contribution in [0.5, 0.6) is 0 Å². The summed E-state index contributed by atoms with van der Waals surface area (Å²) in [7, 11) is -1.05. The lowest BCUT2D eigenvalue weighted by Crippen LogP contribution is -2.23. The first kappa shape index (κ1) is 24.0. The molecule has 2 nitrogen and oxygen atoms in total. The lowest BCUT2D eigenvalue weighted by Gasteiger charge is -2.16. The summed E-state index contributed by atoms with van der Waals surface area (Å²) in [6.45, 7) is 8.78. The maximum absolute atomic E-state index is 12.9. The average molecular weight is 426 g/mol. The molecular formula is C26H32FNOS. The summed E-state index contributed by atoms with van der Waals surface area (Å²) >= 11 is 0. The minimum atomic E-state index is -1.05. The lowest BCUT2D eigenvalue weighted by molar-refractivity contribution is 0.332. The summed E-state index contributed by atoms with van der Waals surface area (Å²) in [5.74, 6) is -0.284. The van der Waals surface area contributed by atoms with Gasteiger partial charge in [-0.05, 0) is 49.7 Å². The van der Waals surface area contributed by atoms with Crippen molar-refractivity contribution in [3.63, 3.8) is 0 Å². The van der Waals surface area contributed by atoms with Crippen LogP contribution in [-0.2, 0) is 17.3 Å². The molecule has 160 valence electrons. The van der Waals surface area contributed by atoms with Crippen molar-refractivity contribution in [2.45, 2.75) is 43.9 Å². The van der Waals surface area contributed by atoms with Gasteiger partial charge in [0.2, 0.25) is 0 Å². The van der Waals surface area contributed by atoms with Crippen molar-refractivity contribution in [3.05, 3.63) is 102 Å². The molecule has 0 N–H and O–H groups in total. The van der Waals surface area contributed by atoms with Crippen LogP contribution in [0.25, 0.3) is 0 Å². The highest BCUT2D eigenvalue weighted by atomic mass is 32.2. The van der Waals surface area contributed by atoms with E-state index in [0.29, 0.717) is 0 Å². The number of hydrogen-bond acceptors (Lipinski definition) is 2. The van der Waals surface area contributed by atoms with Gasteiger partial charge < -0.3 is 0 Å². The lowest BCUT2D eigenvalue weighted by atomic mass is 10.2. The first-order valence-electron chi connectivity index (χ1n) is 10.6. The number of likely N-dealkylation sites (tertiary alicyclic amines) is 1. The van der Waals surface area contributed by atoms with Gasteiger partial charge in [-0.25, -0.2) is 4.39 Å². The van der Waals surface area contributed by atoms with Crippen molar-refractivity contribution >= 4 is 10.8 Å². The zero-order valence-corrected chi connectivity index (χ0v) is 18.9. The second-order valence-corrected chi connectivity index (χ2v) is 8.77. The van der Waals surface area contributed by atoms with Crippen LogP contribution in [0.3, 0.4) is 0 Å². The highest BCUT2D eigenvalue weighted by Gasteiger charge is 2.27. The van der Waals surface area contributed by atoms with E-state index in [-0.39, 0.29) is 11.1 Å². The van der Waals surface area contributed by atoms with Gasteiger partial charge in [0.25, 0.3) is 0 Å². The molecule has 1 saturated heterocycles. The molecule has 30 heavy (non-hydrogen) atoms. The average Bonchev–Trinajstić information content (AvgIpc) is 3.25. The van der Waals surface area contributed by atoms with Gasteiger partial charge in [-0.1, -0.05) is 80.1 Å². The largest absolute Gasteiger partial charge is 0.298 e. The van der Waals surface area contributed by atoms with Crippen molar-refractivity contribution in [2.24, 2.45) is 0 Å². The Bertz CT molecular complexity index is 869. The third-order valence-electron chi connectivity index (χ3n) is 4.77. The van der Waals surface area contributed by atoms with Gasteiger partial charge in [0.05, 0.1) is 16.0 Å². The molecule has 0 saturated carbocycles. The predicted molar refractivity (Wildman–Crippen MR) is 125 cm³/mol. The molecule has 4 rings (SSSR count). The van der Waals surface area contributed by atoms with Gasteiger partial charge in [0.15, 0.2) is 0 Å². The molecule has 0 radical (unpaired) electrons. The summed E-state index contributed by atoms with van der Waals surface area (Å²) in [5, 5.41) is 0.138. The predicted octanol–water partition coefficient (Wildman–Crippen LogP) is 6.23. The molecule has 0 aromatic heterocycles. The smallest absolute Gasteiger partial charge is 0.123 e. The molecule has 1 aliphatic heterocycles. The Hall–Kier alpha value is -2.30.